The molecule has 134 valence electrons. The van der Waals surface area contributed by atoms with E-state index in [-0.39, 0.29) is 17.9 Å². The molecule has 0 spiro atoms. The molecule has 6 heteroatoms. The number of hydrogen-bond acceptors (Lipinski definition) is 2. The maximum Gasteiger partial charge on any atom is 0.322 e. The summed E-state index contributed by atoms with van der Waals surface area (Å²) in [5.74, 6) is -0.317. The van der Waals surface area contributed by atoms with Crippen LogP contribution in [0.25, 0.3) is 0 Å². The van der Waals surface area contributed by atoms with Crippen LogP contribution in [0.1, 0.15) is 24.1 Å². The van der Waals surface area contributed by atoms with E-state index in [1.807, 2.05) is 41.2 Å². The van der Waals surface area contributed by atoms with Gasteiger partial charge in [0.2, 0.25) is 0 Å². The molecule has 26 heavy (non-hydrogen) atoms. The van der Waals surface area contributed by atoms with Gasteiger partial charge in [0.1, 0.15) is 5.82 Å². The van der Waals surface area contributed by atoms with Gasteiger partial charge in [0.05, 0.1) is 12.6 Å². The monoisotopic (exact) mass is 352 g/mol. The number of halogens is 1. The van der Waals surface area contributed by atoms with E-state index in [4.69, 9.17) is 0 Å². The standard InChI is InChI=1S/C20H21FN4O/c1-15(18-6-3-4-7-19(18)21)24(2)20(26)23-17-10-8-16(9-11-17)14-25-13-5-12-22-25/h3-13,15H,14H2,1-2H3,(H,23,26). The fourth-order valence-corrected chi connectivity index (χ4v) is 2.68. The Bertz CT molecular complexity index is 862. The predicted octanol–water partition coefficient (Wildman–Crippen LogP) is 4.30. The number of urea groups is 1. The molecule has 0 fully saturated rings. The summed E-state index contributed by atoms with van der Waals surface area (Å²) in [6.45, 7) is 2.47. The Balaban J connectivity index is 1.62. The minimum Gasteiger partial charge on any atom is -0.321 e. The second-order valence-electron chi connectivity index (χ2n) is 6.14. The van der Waals surface area contributed by atoms with Crippen molar-refractivity contribution in [3.05, 3.63) is 83.9 Å². The second-order valence-corrected chi connectivity index (χ2v) is 6.14. The Morgan fingerprint density at radius 2 is 1.92 bits per heavy atom. The third-order valence-electron chi connectivity index (χ3n) is 4.37. The van der Waals surface area contributed by atoms with Crippen molar-refractivity contribution >= 4 is 11.7 Å². The van der Waals surface area contributed by atoms with E-state index in [2.05, 4.69) is 10.4 Å². The van der Waals surface area contributed by atoms with Crippen LogP contribution in [0.15, 0.2) is 67.0 Å². The van der Waals surface area contributed by atoms with Crippen molar-refractivity contribution < 1.29 is 9.18 Å². The molecule has 3 rings (SSSR count). The van der Waals surface area contributed by atoms with E-state index in [1.165, 1.54) is 11.0 Å². The second kappa shape index (κ2) is 7.82. The van der Waals surface area contributed by atoms with Crippen molar-refractivity contribution in [1.29, 1.82) is 0 Å². The minimum absolute atomic E-state index is 0.291. The maximum absolute atomic E-state index is 13.9. The molecule has 5 nitrogen and oxygen atoms in total. The molecule has 0 bridgehead atoms. The summed E-state index contributed by atoms with van der Waals surface area (Å²) < 4.78 is 15.8. The van der Waals surface area contributed by atoms with Gasteiger partial charge in [-0.1, -0.05) is 30.3 Å². The number of carbonyl (C=O) groups is 1. The molecular formula is C20H21FN4O. The van der Waals surface area contributed by atoms with Crippen molar-refractivity contribution in [1.82, 2.24) is 14.7 Å². The number of carbonyl (C=O) groups excluding carboxylic acids is 1. The number of anilines is 1. The highest BCUT2D eigenvalue weighted by Crippen LogP contribution is 2.22. The average Bonchev–Trinajstić information content (AvgIpc) is 3.15. The van der Waals surface area contributed by atoms with Gasteiger partial charge in [0.15, 0.2) is 0 Å². The van der Waals surface area contributed by atoms with Crippen molar-refractivity contribution in [3.63, 3.8) is 0 Å². The van der Waals surface area contributed by atoms with Crippen LogP contribution < -0.4 is 5.32 Å². The molecule has 0 saturated heterocycles. The molecule has 1 heterocycles. The van der Waals surface area contributed by atoms with E-state index >= 15 is 0 Å². The molecule has 0 radical (unpaired) electrons. The first-order valence-electron chi connectivity index (χ1n) is 8.39. The van der Waals surface area contributed by atoms with Gasteiger partial charge in [0.25, 0.3) is 0 Å². The summed E-state index contributed by atoms with van der Waals surface area (Å²) in [4.78, 5) is 13.9. The first kappa shape index (κ1) is 17.7. The molecule has 0 aliphatic carbocycles. The van der Waals surface area contributed by atoms with Gasteiger partial charge in [0, 0.05) is 30.7 Å². The van der Waals surface area contributed by atoms with Gasteiger partial charge < -0.3 is 10.2 Å². The van der Waals surface area contributed by atoms with Crippen LogP contribution >= 0.6 is 0 Å². The van der Waals surface area contributed by atoms with Crippen LogP contribution in [0.4, 0.5) is 14.9 Å². The number of aromatic nitrogens is 2. The van der Waals surface area contributed by atoms with E-state index in [0.717, 1.165) is 5.56 Å². The van der Waals surface area contributed by atoms with Crippen LogP contribution in [0.5, 0.6) is 0 Å². The summed E-state index contributed by atoms with van der Waals surface area (Å²) in [5.41, 5.74) is 2.26. The normalized spacial score (nSPS) is 11.8. The van der Waals surface area contributed by atoms with Crippen LogP contribution in [-0.4, -0.2) is 27.8 Å². The lowest BCUT2D eigenvalue weighted by Crippen LogP contribution is -2.34. The van der Waals surface area contributed by atoms with Crippen molar-refractivity contribution in [2.45, 2.75) is 19.5 Å². The molecule has 0 saturated carbocycles. The Kier molecular flexibility index (Phi) is 5.31. The zero-order valence-corrected chi connectivity index (χ0v) is 14.8. The fraction of sp³-hybridized carbons (Fsp3) is 0.200. The third-order valence-corrected chi connectivity index (χ3v) is 4.37. The summed E-state index contributed by atoms with van der Waals surface area (Å²) in [5, 5.41) is 7.01. The van der Waals surface area contributed by atoms with Crippen molar-refractivity contribution in [2.75, 3.05) is 12.4 Å². The highest BCUT2D eigenvalue weighted by molar-refractivity contribution is 5.89. The average molecular weight is 352 g/mol. The highest BCUT2D eigenvalue weighted by atomic mass is 19.1. The van der Waals surface area contributed by atoms with Gasteiger partial charge in [-0.05, 0) is 36.8 Å². The lowest BCUT2D eigenvalue weighted by Gasteiger charge is -2.26. The summed E-state index contributed by atoms with van der Waals surface area (Å²) in [6, 6.07) is 15.3. The smallest absolute Gasteiger partial charge is 0.321 e. The van der Waals surface area contributed by atoms with Gasteiger partial charge in [-0.15, -0.1) is 0 Å². The number of hydrogen-bond donors (Lipinski definition) is 1. The molecule has 1 unspecified atom stereocenters. The van der Waals surface area contributed by atoms with Crippen LogP contribution in [0, 0.1) is 5.82 Å². The number of nitrogens with one attached hydrogen (secondary N) is 1. The van der Waals surface area contributed by atoms with Crippen molar-refractivity contribution in [3.8, 4) is 0 Å². The molecule has 2 amide bonds. The van der Waals surface area contributed by atoms with Crippen LogP contribution in [0.2, 0.25) is 0 Å². The SMILES string of the molecule is CC(c1ccccc1F)N(C)C(=O)Nc1ccc(Cn2cccn2)cc1. The van der Waals surface area contributed by atoms with Gasteiger partial charge in [-0.2, -0.15) is 5.10 Å². The lowest BCUT2D eigenvalue weighted by atomic mass is 10.1. The van der Waals surface area contributed by atoms with Crippen LogP contribution in [-0.2, 0) is 6.54 Å². The Morgan fingerprint density at radius 1 is 1.19 bits per heavy atom. The first-order valence-corrected chi connectivity index (χ1v) is 8.39. The quantitative estimate of drug-likeness (QED) is 0.744. The molecule has 0 aliphatic heterocycles. The number of benzene rings is 2. The lowest BCUT2D eigenvalue weighted by molar-refractivity contribution is 0.207. The van der Waals surface area contributed by atoms with E-state index in [0.29, 0.717) is 17.8 Å². The fourth-order valence-electron chi connectivity index (χ4n) is 2.68. The topological polar surface area (TPSA) is 50.2 Å². The Labute approximate surface area is 152 Å². The predicted molar refractivity (Wildman–Crippen MR) is 99.4 cm³/mol. The minimum atomic E-state index is -0.379. The summed E-state index contributed by atoms with van der Waals surface area (Å²) in [6.07, 6.45) is 3.63. The van der Waals surface area contributed by atoms with E-state index in [1.54, 1.807) is 38.4 Å². The molecular weight excluding hydrogens is 331 g/mol. The summed E-state index contributed by atoms with van der Waals surface area (Å²) in [7, 11) is 1.65. The van der Waals surface area contributed by atoms with E-state index < -0.39 is 0 Å². The van der Waals surface area contributed by atoms with E-state index in [9.17, 15) is 9.18 Å². The zero-order valence-electron chi connectivity index (χ0n) is 14.8. The van der Waals surface area contributed by atoms with Gasteiger partial charge in [-0.25, -0.2) is 9.18 Å². The zero-order chi connectivity index (χ0) is 18.5. The maximum atomic E-state index is 13.9. The Hall–Kier alpha value is -3.15. The molecule has 2 aromatic carbocycles. The third kappa shape index (κ3) is 4.08. The molecule has 1 aromatic heterocycles. The van der Waals surface area contributed by atoms with Crippen LogP contribution in [0.3, 0.4) is 0 Å². The molecule has 1 atom stereocenters. The number of amides is 2. The van der Waals surface area contributed by atoms with Crippen molar-refractivity contribution in [2.24, 2.45) is 0 Å². The molecule has 1 N–H and O–H groups in total. The summed E-state index contributed by atoms with van der Waals surface area (Å²) >= 11 is 0. The molecule has 3 aromatic rings. The highest BCUT2D eigenvalue weighted by Gasteiger charge is 2.19. The van der Waals surface area contributed by atoms with Gasteiger partial charge in [-0.3, -0.25) is 4.68 Å². The molecule has 0 aliphatic rings. The first-order chi connectivity index (χ1) is 12.5. The number of rotatable bonds is 5. The largest absolute Gasteiger partial charge is 0.322 e. The van der Waals surface area contributed by atoms with Gasteiger partial charge >= 0.3 is 6.03 Å². The Morgan fingerprint density at radius 3 is 2.58 bits per heavy atom. The number of nitrogens with zero attached hydrogens (tertiary/aromatic N) is 3.